The molecule has 1 heterocycles. The van der Waals surface area contributed by atoms with Gasteiger partial charge < -0.3 is 10.2 Å². The van der Waals surface area contributed by atoms with Gasteiger partial charge in [-0.1, -0.05) is 58.0 Å². The molecule has 1 aliphatic rings. The topological polar surface area (TPSA) is 65.0 Å². The molecule has 160 valence electrons. The highest BCUT2D eigenvalue weighted by Crippen LogP contribution is 2.15. The number of benzene rings is 1. The van der Waals surface area contributed by atoms with Crippen molar-refractivity contribution in [2.24, 2.45) is 16.9 Å². The number of hydrogen-bond acceptors (Lipinski definition) is 4. The normalized spacial score (nSPS) is 14.7. The average molecular weight is 401 g/mol. The van der Waals surface area contributed by atoms with Crippen LogP contribution in [0.2, 0.25) is 0 Å². The van der Waals surface area contributed by atoms with E-state index in [2.05, 4.69) is 43.0 Å². The zero-order valence-electron chi connectivity index (χ0n) is 18.4. The minimum Gasteiger partial charge on any atom is -0.355 e. The minimum absolute atomic E-state index is 0.0162. The third-order valence-electron chi connectivity index (χ3n) is 4.76. The predicted octanol–water partition coefficient (Wildman–Crippen LogP) is 3.13. The first-order chi connectivity index (χ1) is 13.8. The Morgan fingerprint density at radius 2 is 1.76 bits per heavy atom. The van der Waals surface area contributed by atoms with Gasteiger partial charge in [0.05, 0.1) is 12.3 Å². The summed E-state index contributed by atoms with van der Waals surface area (Å²) in [6.45, 7) is 12.7. The highest BCUT2D eigenvalue weighted by atomic mass is 16.2. The SMILES string of the molecule is CC(C)CN(CCNC(=O)CCN1N=C(c2ccccc2)CCC1=O)CC(C)C. The molecule has 0 bridgehead atoms. The van der Waals surface area contributed by atoms with Crippen molar-refractivity contribution in [3.63, 3.8) is 0 Å². The molecule has 29 heavy (non-hydrogen) atoms. The molecule has 1 aromatic carbocycles. The Bertz CT molecular complexity index is 675. The predicted molar refractivity (Wildman–Crippen MR) is 118 cm³/mol. The molecule has 0 unspecified atom stereocenters. The molecule has 0 aliphatic carbocycles. The smallest absolute Gasteiger partial charge is 0.243 e. The number of nitrogens with one attached hydrogen (secondary N) is 1. The number of rotatable bonds is 11. The number of amides is 2. The van der Waals surface area contributed by atoms with Crippen LogP contribution < -0.4 is 5.32 Å². The first-order valence-electron chi connectivity index (χ1n) is 10.8. The first kappa shape index (κ1) is 23.1. The van der Waals surface area contributed by atoms with Crippen LogP contribution in [-0.4, -0.2) is 60.2 Å². The molecule has 1 aromatic rings. The molecule has 0 fully saturated rings. The van der Waals surface area contributed by atoms with Crippen molar-refractivity contribution in [1.82, 2.24) is 15.2 Å². The Balaban J connectivity index is 1.79. The summed E-state index contributed by atoms with van der Waals surface area (Å²) >= 11 is 0. The molecule has 2 amide bonds. The zero-order chi connectivity index (χ0) is 21.2. The third kappa shape index (κ3) is 8.36. The molecule has 0 aromatic heterocycles. The summed E-state index contributed by atoms with van der Waals surface area (Å²) in [6.07, 6.45) is 1.35. The molecule has 1 N–H and O–H groups in total. The fourth-order valence-electron chi connectivity index (χ4n) is 3.55. The Hall–Kier alpha value is -2.21. The van der Waals surface area contributed by atoms with E-state index < -0.39 is 0 Å². The van der Waals surface area contributed by atoms with Gasteiger partial charge in [-0.15, -0.1) is 0 Å². The summed E-state index contributed by atoms with van der Waals surface area (Å²) in [6, 6.07) is 9.89. The molecule has 0 radical (unpaired) electrons. The van der Waals surface area contributed by atoms with Crippen LogP contribution in [0.1, 0.15) is 52.5 Å². The summed E-state index contributed by atoms with van der Waals surface area (Å²) < 4.78 is 0. The van der Waals surface area contributed by atoms with E-state index in [1.807, 2.05) is 30.3 Å². The summed E-state index contributed by atoms with van der Waals surface area (Å²) in [5.74, 6) is 1.16. The van der Waals surface area contributed by atoms with Crippen molar-refractivity contribution in [3.05, 3.63) is 35.9 Å². The van der Waals surface area contributed by atoms with Crippen molar-refractivity contribution in [2.45, 2.75) is 47.0 Å². The fourth-order valence-corrected chi connectivity index (χ4v) is 3.55. The van der Waals surface area contributed by atoms with Gasteiger partial charge in [-0.05, 0) is 17.4 Å². The third-order valence-corrected chi connectivity index (χ3v) is 4.76. The summed E-state index contributed by atoms with van der Waals surface area (Å²) in [5.41, 5.74) is 1.94. The van der Waals surface area contributed by atoms with E-state index in [1.54, 1.807) is 0 Å². The molecule has 0 spiro atoms. The van der Waals surface area contributed by atoms with Gasteiger partial charge in [0.2, 0.25) is 11.8 Å². The fraction of sp³-hybridized carbons (Fsp3) is 0.609. The zero-order valence-corrected chi connectivity index (χ0v) is 18.4. The lowest BCUT2D eigenvalue weighted by molar-refractivity contribution is -0.132. The lowest BCUT2D eigenvalue weighted by atomic mass is 10.0. The van der Waals surface area contributed by atoms with Crippen molar-refractivity contribution >= 4 is 17.5 Å². The number of carbonyl (C=O) groups excluding carboxylic acids is 2. The Morgan fingerprint density at radius 1 is 1.10 bits per heavy atom. The van der Waals surface area contributed by atoms with E-state index in [4.69, 9.17) is 0 Å². The van der Waals surface area contributed by atoms with Crippen molar-refractivity contribution in [3.8, 4) is 0 Å². The second-order valence-corrected chi connectivity index (χ2v) is 8.58. The Kier molecular flexibility index (Phi) is 9.32. The van der Waals surface area contributed by atoms with Crippen LogP contribution in [0.25, 0.3) is 0 Å². The van der Waals surface area contributed by atoms with Crippen LogP contribution in [0.5, 0.6) is 0 Å². The standard InChI is InChI=1S/C23H36N4O2/c1-18(2)16-26(17-19(3)4)15-13-24-22(28)12-14-27-23(29)11-10-21(25-27)20-8-6-5-7-9-20/h5-9,18-19H,10-17H2,1-4H3,(H,24,28). The van der Waals surface area contributed by atoms with Gasteiger partial charge in [0, 0.05) is 45.4 Å². The lowest BCUT2D eigenvalue weighted by Crippen LogP contribution is -2.40. The summed E-state index contributed by atoms with van der Waals surface area (Å²) in [4.78, 5) is 26.8. The maximum absolute atomic E-state index is 12.3. The highest BCUT2D eigenvalue weighted by molar-refractivity contribution is 6.04. The van der Waals surface area contributed by atoms with E-state index in [9.17, 15) is 9.59 Å². The molecular formula is C23H36N4O2. The molecule has 0 saturated heterocycles. The lowest BCUT2D eigenvalue weighted by Gasteiger charge is -2.26. The number of nitrogens with zero attached hydrogens (tertiary/aromatic N) is 3. The van der Waals surface area contributed by atoms with Gasteiger partial charge in [0.25, 0.3) is 0 Å². The quantitative estimate of drug-likeness (QED) is 0.621. The second kappa shape index (κ2) is 11.7. The van der Waals surface area contributed by atoms with Crippen LogP contribution in [0, 0.1) is 11.8 Å². The maximum atomic E-state index is 12.3. The van der Waals surface area contributed by atoms with Crippen LogP contribution in [-0.2, 0) is 9.59 Å². The van der Waals surface area contributed by atoms with E-state index >= 15 is 0 Å². The van der Waals surface area contributed by atoms with Gasteiger partial charge in [-0.2, -0.15) is 5.10 Å². The molecule has 0 atom stereocenters. The molecule has 2 rings (SSSR count). The van der Waals surface area contributed by atoms with Crippen LogP contribution in [0.4, 0.5) is 0 Å². The van der Waals surface area contributed by atoms with Crippen molar-refractivity contribution in [2.75, 3.05) is 32.7 Å². The largest absolute Gasteiger partial charge is 0.355 e. The van der Waals surface area contributed by atoms with Crippen LogP contribution in [0.15, 0.2) is 35.4 Å². The van der Waals surface area contributed by atoms with Crippen LogP contribution >= 0.6 is 0 Å². The average Bonchev–Trinajstić information content (AvgIpc) is 2.67. The Morgan fingerprint density at radius 3 is 2.38 bits per heavy atom. The minimum atomic E-state index is -0.0334. The van der Waals surface area contributed by atoms with Crippen molar-refractivity contribution in [1.29, 1.82) is 0 Å². The highest BCUT2D eigenvalue weighted by Gasteiger charge is 2.21. The number of hydrogen-bond donors (Lipinski definition) is 1. The molecule has 6 nitrogen and oxygen atoms in total. The van der Waals surface area contributed by atoms with Crippen LogP contribution in [0.3, 0.4) is 0 Å². The Labute approximate surface area is 175 Å². The van der Waals surface area contributed by atoms with Gasteiger partial charge in [-0.3, -0.25) is 9.59 Å². The number of hydrazone groups is 1. The number of carbonyl (C=O) groups is 2. The molecular weight excluding hydrogens is 364 g/mol. The van der Waals surface area contributed by atoms with Gasteiger partial charge >= 0.3 is 0 Å². The van der Waals surface area contributed by atoms with Gasteiger partial charge in [0.1, 0.15) is 0 Å². The van der Waals surface area contributed by atoms with E-state index in [0.29, 0.717) is 37.8 Å². The van der Waals surface area contributed by atoms with Gasteiger partial charge in [-0.25, -0.2) is 5.01 Å². The van der Waals surface area contributed by atoms with E-state index in [-0.39, 0.29) is 18.2 Å². The maximum Gasteiger partial charge on any atom is 0.243 e. The van der Waals surface area contributed by atoms with Crippen molar-refractivity contribution < 1.29 is 9.59 Å². The molecule has 6 heteroatoms. The summed E-state index contributed by atoms with van der Waals surface area (Å²) in [5, 5.41) is 8.93. The van der Waals surface area contributed by atoms with Gasteiger partial charge in [0.15, 0.2) is 0 Å². The van der Waals surface area contributed by atoms with E-state index in [1.165, 1.54) is 5.01 Å². The monoisotopic (exact) mass is 400 g/mol. The second-order valence-electron chi connectivity index (χ2n) is 8.58. The van der Waals surface area contributed by atoms with E-state index in [0.717, 1.165) is 30.9 Å². The first-order valence-corrected chi connectivity index (χ1v) is 10.8. The molecule has 0 saturated carbocycles. The molecule has 1 aliphatic heterocycles. The summed E-state index contributed by atoms with van der Waals surface area (Å²) in [7, 11) is 0.